The quantitative estimate of drug-likeness (QED) is 0.906. The van der Waals surface area contributed by atoms with Crippen LogP contribution in [0.3, 0.4) is 0 Å². The standard InChI is InChI=1S/C17H18O3/c1-11-3-5-12(6-4-11)17-10-15(18)14-9-13(19-2)7-8-16(14)20-17/h3-9,15,17-18H,10H2,1-2H3/t15-,17?/m1/s1. The fourth-order valence-corrected chi connectivity index (χ4v) is 2.54. The third kappa shape index (κ3) is 2.37. The maximum atomic E-state index is 10.3. The number of aliphatic hydroxyl groups is 1. The Morgan fingerprint density at radius 3 is 2.60 bits per heavy atom. The van der Waals surface area contributed by atoms with Crippen molar-refractivity contribution in [2.75, 3.05) is 7.11 Å². The molecule has 1 aliphatic rings. The van der Waals surface area contributed by atoms with Crippen LogP contribution in [0.25, 0.3) is 0 Å². The maximum Gasteiger partial charge on any atom is 0.127 e. The molecule has 0 amide bonds. The minimum Gasteiger partial charge on any atom is -0.497 e. The summed E-state index contributed by atoms with van der Waals surface area (Å²) >= 11 is 0. The molecular weight excluding hydrogens is 252 g/mol. The third-order valence-electron chi connectivity index (χ3n) is 3.73. The lowest BCUT2D eigenvalue weighted by Crippen LogP contribution is -2.19. The van der Waals surface area contributed by atoms with E-state index in [1.54, 1.807) is 7.11 Å². The molecule has 3 heteroatoms. The number of ether oxygens (including phenoxy) is 2. The van der Waals surface area contributed by atoms with E-state index in [1.165, 1.54) is 5.56 Å². The first-order valence-corrected chi connectivity index (χ1v) is 6.76. The molecule has 0 saturated heterocycles. The molecule has 20 heavy (non-hydrogen) atoms. The van der Waals surface area contributed by atoms with Crippen molar-refractivity contribution in [1.82, 2.24) is 0 Å². The lowest BCUT2D eigenvalue weighted by molar-refractivity contribution is 0.0654. The summed E-state index contributed by atoms with van der Waals surface area (Å²) in [6.45, 7) is 2.06. The Kier molecular flexibility index (Phi) is 3.36. The molecule has 0 fully saturated rings. The topological polar surface area (TPSA) is 38.7 Å². The fourth-order valence-electron chi connectivity index (χ4n) is 2.54. The van der Waals surface area contributed by atoms with Gasteiger partial charge in [0.15, 0.2) is 0 Å². The van der Waals surface area contributed by atoms with Crippen LogP contribution >= 0.6 is 0 Å². The second-order valence-corrected chi connectivity index (χ2v) is 5.17. The van der Waals surface area contributed by atoms with Gasteiger partial charge in [0.25, 0.3) is 0 Å². The summed E-state index contributed by atoms with van der Waals surface area (Å²) in [5.74, 6) is 1.47. The van der Waals surface area contributed by atoms with E-state index in [-0.39, 0.29) is 6.10 Å². The summed E-state index contributed by atoms with van der Waals surface area (Å²) in [4.78, 5) is 0. The Morgan fingerprint density at radius 2 is 1.90 bits per heavy atom. The van der Waals surface area contributed by atoms with Gasteiger partial charge in [-0.15, -0.1) is 0 Å². The summed E-state index contributed by atoms with van der Waals surface area (Å²) in [6, 6.07) is 13.8. The summed E-state index contributed by atoms with van der Waals surface area (Å²) in [5.41, 5.74) is 3.11. The number of rotatable bonds is 2. The van der Waals surface area contributed by atoms with E-state index in [4.69, 9.17) is 9.47 Å². The van der Waals surface area contributed by atoms with Crippen LogP contribution < -0.4 is 9.47 Å². The predicted molar refractivity (Wildman–Crippen MR) is 77.1 cm³/mol. The second-order valence-electron chi connectivity index (χ2n) is 5.17. The van der Waals surface area contributed by atoms with Gasteiger partial charge in [-0.3, -0.25) is 0 Å². The number of aliphatic hydroxyl groups excluding tert-OH is 1. The Labute approximate surface area is 118 Å². The van der Waals surface area contributed by atoms with Crippen molar-refractivity contribution in [2.45, 2.75) is 25.6 Å². The van der Waals surface area contributed by atoms with Crippen molar-refractivity contribution in [3.63, 3.8) is 0 Å². The summed E-state index contributed by atoms with van der Waals surface area (Å²) in [6.07, 6.45) is -0.0740. The molecule has 2 aromatic rings. The zero-order chi connectivity index (χ0) is 14.1. The molecule has 1 heterocycles. The Bertz CT molecular complexity index is 604. The van der Waals surface area contributed by atoms with Crippen molar-refractivity contribution >= 4 is 0 Å². The van der Waals surface area contributed by atoms with Crippen molar-refractivity contribution in [3.05, 3.63) is 59.2 Å². The lowest BCUT2D eigenvalue weighted by Gasteiger charge is -2.30. The van der Waals surface area contributed by atoms with Crippen LogP contribution in [0.2, 0.25) is 0 Å². The van der Waals surface area contributed by atoms with E-state index in [0.717, 1.165) is 22.6 Å². The molecule has 1 aliphatic heterocycles. The largest absolute Gasteiger partial charge is 0.497 e. The molecular formula is C17H18O3. The van der Waals surface area contributed by atoms with Crippen LogP contribution in [-0.2, 0) is 0 Å². The molecule has 0 spiro atoms. The molecule has 0 bridgehead atoms. The van der Waals surface area contributed by atoms with Gasteiger partial charge in [0.1, 0.15) is 17.6 Å². The maximum absolute atomic E-state index is 10.3. The van der Waals surface area contributed by atoms with Gasteiger partial charge in [-0.05, 0) is 30.7 Å². The van der Waals surface area contributed by atoms with E-state index in [1.807, 2.05) is 18.2 Å². The van der Waals surface area contributed by atoms with E-state index in [2.05, 4.69) is 31.2 Å². The molecule has 0 radical (unpaired) electrons. The van der Waals surface area contributed by atoms with Gasteiger partial charge in [-0.2, -0.15) is 0 Å². The zero-order valence-corrected chi connectivity index (χ0v) is 11.7. The molecule has 1 N–H and O–H groups in total. The Hall–Kier alpha value is -2.00. The Morgan fingerprint density at radius 1 is 1.15 bits per heavy atom. The number of methoxy groups -OCH3 is 1. The smallest absolute Gasteiger partial charge is 0.127 e. The number of benzene rings is 2. The van der Waals surface area contributed by atoms with Crippen LogP contribution in [0, 0.1) is 6.92 Å². The summed E-state index contributed by atoms with van der Waals surface area (Å²) in [7, 11) is 1.62. The van der Waals surface area contributed by atoms with E-state index < -0.39 is 6.10 Å². The molecule has 104 valence electrons. The van der Waals surface area contributed by atoms with Gasteiger partial charge in [0.05, 0.1) is 13.2 Å². The molecule has 0 aromatic heterocycles. The molecule has 3 rings (SSSR count). The highest BCUT2D eigenvalue weighted by Crippen LogP contribution is 2.42. The SMILES string of the molecule is COc1ccc2c(c1)[C@H](O)CC(c1ccc(C)cc1)O2. The van der Waals surface area contributed by atoms with Gasteiger partial charge in [-0.1, -0.05) is 29.8 Å². The monoisotopic (exact) mass is 270 g/mol. The molecule has 0 saturated carbocycles. The van der Waals surface area contributed by atoms with Crippen LogP contribution in [0.5, 0.6) is 11.5 Å². The average Bonchev–Trinajstić information content (AvgIpc) is 2.47. The number of aryl methyl sites for hydroxylation is 1. The van der Waals surface area contributed by atoms with Crippen LogP contribution in [0.4, 0.5) is 0 Å². The van der Waals surface area contributed by atoms with Crippen molar-refractivity contribution in [3.8, 4) is 11.5 Å². The Balaban J connectivity index is 1.90. The normalized spacial score (nSPS) is 20.9. The number of hydrogen-bond donors (Lipinski definition) is 1. The fraction of sp³-hybridized carbons (Fsp3) is 0.294. The first-order chi connectivity index (χ1) is 9.67. The van der Waals surface area contributed by atoms with Gasteiger partial charge in [0.2, 0.25) is 0 Å². The van der Waals surface area contributed by atoms with Gasteiger partial charge in [-0.25, -0.2) is 0 Å². The molecule has 0 aliphatic carbocycles. The first-order valence-electron chi connectivity index (χ1n) is 6.76. The average molecular weight is 270 g/mol. The summed E-state index contributed by atoms with van der Waals surface area (Å²) < 4.78 is 11.2. The van der Waals surface area contributed by atoms with Gasteiger partial charge >= 0.3 is 0 Å². The number of hydrogen-bond acceptors (Lipinski definition) is 3. The van der Waals surface area contributed by atoms with E-state index >= 15 is 0 Å². The van der Waals surface area contributed by atoms with Crippen molar-refractivity contribution in [2.24, 2.45) is 0 Å². The van der Waals surface area contributed by atoms with E-state index in [0.29, 0.717) is 6.42 Å². The molecule has 2 aromatic carbocycles. The van der Waals surface area contributed by atoms with Crippen LogP contribution in [-0.4, -0.2) is 12.2 Å². The van der Waals surface area contributed by atoms with E-state index in [9.17, 15) is 5.11 Å². The molecule has 3 nitrogen and oxygen atoms in total. The van der Waals surface area contributed by atoms with Crippen molar-refractivity contribution in [1.29, 1.82) is 0 Å². The highest BCUT2D eigenvalue weighted by molar-refractivity contribution is 5.43. The first kappa shape index (κ1) is 13.0. The third-order valence-corrected chi connectivity index (χ3v) is 3.73. The summed E-state index contributed by atoms with van der Waals surface area (Å²) in [5, 5.41) is 10.3. The van der Waals surface area contributed by atoms with Crippen LogP contribution in [0.15, 0.2) is 42.5 Å². The highest BCUT2D eigenvalue weighted by Gasteiger charge is 2.28. The highest BCUT2D eigenvalue weighted by atomic mass is 16.5. The number of fused-ring (bicyclic) bond motifs is 1. The zero-order valence-electron chi connectivity index (χ0n) is 11.7. The lowest BCUT2D eigenvalue weighted by atomic mass is 9.94. The molecule has 1 unspecified atom stereocenters. The minimum atomic E-state index is -0.528. The van der Waals surface area contributed by atoms with Gasteiger partial charge in [0, 0.05) is 12.0 Å². The van der Waals surface area contributed by atoms with Crippen molar-refractivity contribution < 1.29 is 14.6 Å². The van der Waals surface area contributed by atoms with Gasteiger partial charge < -0.3 is 14.6 Å². The second kappa shape index (κ2) is 5.17. The minimum absolute atomic E-state index is 0.105. The predicted octanol–water partition coefficient (Wildman–Crippen LogP) is 3.56. The van der Waals surface area contributed by atoms with Crippen LogP contribution in [0.1, 0.15) is 35.3 Å². The molecule has 2 atom stereocenters.